The molecule has 3 rings (SSSR count). The van der Waals surface area contributed by atoms with Gasteiger partial charge in [-0.15, -0.1) is 0 Å². The van der Waals surface area contributed by atoms with Crippen LogP contribution in [0.1, 0.15) is 10.5 Å². The number of hydrogen-bond acceptors (Lipinski definition) is 4. The number of H-pyrrole nitrogens is 1. The quantitative estimate of drug-likeness (QED) is 0.664. The highest BCUT2D eigenvalue weighted by Gasteiger charge is 2.03. The minimum absolute atomic E-state index is 0.243. The lowest BCUT2D eigenvalue weighted by atomic mass is 10.1. The van der Waals surface area contributed by atoms with Gasteiger partial charge in [0.2, 0.25) is 0 Å². The van der Waals surface area contributed by atoms with Gasteiger partial charge in [0.25, 0.3) is 5.91 Å². The van der Waals surface area contributed by atoms with Crippen molar-refractivity contribution in [2.45, 2.75) is 0 Å². The van der Waals surface area contributed by atoms with E-state index in [0.29, 0.717) is 11.5 Å². The first-order valence-corrected chi connectivity index (χ1v) is 5.79. The van der Waals surface area contributed by atoms with Gasteiger partial charge in [-0.1, -0.05) is 12.1 Å². The summed E-state index contributed by atoms with van der Waals surface area (Å²) in [7, 11) is 0. The number of primary amides is 1. The van der Waals surface area contributed by atoms with E-state index >= 15 is 0 Å². The highest BCUT2D eigenvalue weighted by molar-refractivity contribution is 5.90. The van der Waals surface area contributed by atoms with E-state index in [0.717, 1.165) is 5.56 Å². The summed E-state index contributed by atoms with van der Waals surface area (Å²) in [5.41, 5.74) is 5.91. The van der Waals surface area contributed by atoms with Crippen molar-refractivity contribution in [3.63, 3.8) is 0 Å². The Morgan fingerprint density at radius 2 is 2.00 bits per heavy atom. The lowest BCUT2D eigenvalue weighted by Gasteiger charge is -1.98. The number of nitrogens with zero attached hydrogens (tertiary/aromatic N) is 1. The molecule has 102 valence electrons. The fraction of sp³-hybridized carbons (Fsp3) is 0. The van der Waals surface area contributed by atoms with Crippen molar-refractivity contribution >= 4 is 5.91 Å². The molecule has 1 amide bonds. The monoisotopic (exact) mass is 271 g/mol. The number of benzene rings is 1. The summed E-state index contributed by atoms with van der Waals surface area (Å²) in [6, 6.07) is 12.2. The topological polar surface area (TPSA) is 105 Å². The maximum atomic E-state index is 10.2. The van der Waals surface area contributed by atoms with Crippen LogP contribution in [0.25, 0.3) is 11.3 Å². The minimum atomic E-state index is -0.484. The molecule has 0 saturated carbocycles. The van der Waals surface area contributed by atoms with Gasteiger partial charge in [-0.25, -0.2) is 0 Å². The Kier molecular flexibility index (Phi) is 4.18. The Morgan fingerprint density at radius 1 is 1.20 bits per heavy atom. The van der Waals surface area contributed by atoms with Crippen LogP contribution in [0.2, 0.25) is 0 Å². The van der Waals surface area contributed by atoms with Gasteiger partial charge in [0.1, 0.15) is 17.2 Å². The van der Waals surface area contributed by atoms with Crippen molar-refractivity contribution in [1.82, 2.24) is 10.2 Å². The molecule has 0 spiro atoms. The number of phenols is 1. The minimum Gasteiger partial charge on any atom is -0.507 e. The molecule has 1 aromatic carbocycles. The van der Waals surface area contributed by atoms with E-state index in [-0.39, 0.29) is 5.75 Å². The second kappa shape index (κ2) is 6.24. The molecule has 0 aliphatic carbocycles. The van der Waals surface area contributed by atoms with Crippen LogP contribution in [0.5, 0.6) is 5.75 Å². The Balaban J connectivity index is 0.000000160. The maximum Gasteiger partial charge on any atom is 0.266 e. The lowest BCUT2D eigenvalue weighted by molar-refractivity contribution is 0.0995. The SMILES string of the molecule is NC(=O)c1ccn[nH]1.Oc1ccccc1-c1ccco1. The van der Waals surface area contributed by atoms with Gasteiger partial charge in [-0.2, -0.15) is 5.10 Å². The second-order valence-corrected chi connectivity index (χ2v) is 3.83. The first-order valence-electron chi connectivity index (χ1n) is 5.79. The average molecular weight is 271 g/mol. The normalized spacial score (nSPS) is 9.60. The maximum absolute atomic E-state index is 10.2. The molecular weight excluding hydrogens is 258 g/mol. The molecule has 0 atom stereocenters. The molecule has 0 aliphatic heterocycles. The standard InChI is InChI=1S/C10H8O2.C4H5N3O/c11-9-5-2-1-4-8(9)10-6-3-7-12-10;5-4(8)3-1-2-6-7-3/h1-7,11H;1-2H,(H2,5,8)(H,6,7). The van der Waals surface area contributed by atoms with E-state index < -0.39 is 5.91 Å². The van der Waals surface area contributed by atoms with Crippen molar-refractivity contribution in [3.8, 4) is 17.1 Å². The summed E-state index contributed by atoms with van der Waals surface area (Å²) in [6.45, 7) is 0. The van der Waals surface area contributed by atoms with Crippen LogP contribution in [-0.4, -0.2) is 21.2 Å². The number of para-hydroxylation sites is 1. The summed E-state index contributed by atoms with van der Waals surface area (Å²) in [4.78, 5) is 10.2. The van der Waals surface area contributed by atoms with Crippen LogP contribution in [0.3, 0.4) is 0 Å². The third-order valence-electron chi connectivity index (χ3n) is 2.46. The predicted octanol–water partition coefficient (Wildman–Crippen LogP) is 2.16. The number of furan rings is 1. The van der Waals surface area contributed by atoms with Crippen LogP contribution in [0.15, 0.2) is 59.3 Å². The Hall–Kier alpha value is -3.02. The summed E-state index contributed by atoms with van der Waals surface area (Å²) in [6.07, 6.45) is 3.06. The van der Waals surface area contributed by atoms with E-state index in [1.807, 2.05) is 18.2 Å². The highest BCUT2D eigenvalue weighted by atomic mass is 16.3. The zero-order chi connectivity index (χ0) is 14.4. The van der Waals surface area contributed by atoms with Gasteiger partial charge < -0.3 is 15.3 Å². The number of carbonyl (C=O) groups is 1. The molecule has 6 heteroatoms. The zero-order valence-corrected chi connectivity index (χ0v) is 10.5. The molecule has 2 aromatic heterocycles. The van der Waals surface area contributed by atoms with Crippen molar-refractivity contribution < 1.29 is 14.3 Å². The highest BCUT2D eigenvalue weighted by Crippen LogP contribution is 2.28. The zero-order valence-electron chi connectivity index (χ0n) is 10.5. The number of nitrogens with one attached hydrogen (secondary N) is 1. The van der Waals surface area contributed by atoms with Gasteiger partial charge in [0.15, 0.2) is 0 Å². The lowest BCUT2D eigenvalue weighted by Crippen LogP contribution is -2.10. The molecule has 20 heavy (non-hydrogen) atoms. The molecule has 0 bridgehead atoms. The van der Waals surface area contributed by atoms with Crippen molar-refractivity contribution in [1.29, 1.82) is 0 Å². The molecule has 4 N–H and O–H groups in total. The largest absolute Gasteiger partial charge is 0.507 e. The third kappa shape index (κ3) is 3.26. The molecule has 0 radical (unpaired) electrons. The van der Waals surface area contributed by atoms with Gasteiger partial charge in [-0.3, -0.25) is 9.89 Å². The van der Waals surface area contributed by atoms with E-state index in [2.05, 4.69) is 10.2 Å². The smallest absolute Gasteiger partial charge is 0.266 e. The third-order valence-corrected chi connectivity index (χ3v) is 2.46. The second-order valence-electron chi connectivity index (χ2n) is 3.83. The first-order chi connectivity index (χ1) is 9.68. The van der Waals surface area contributed by atoms with Crippen LogP contribution in [-0.2, 0) is 0 Å². The van der Waals surface area contributed by atoms with Crippen molar-refractivity contribution in [2.75, 3.05) is 0 Å². The molecule has 0 saturated heterocycles. The van der Waals surface area contributed by atoms with Gasteiger partial charge in [-0.05, 0) is 30.3 Å². The van der Waals surface area contributed by atoms with Crippen LogP contribution in [0, 0.1) is 0 Å². The molecule has 0 aliphatic rings. The number of aromatic amines is 1. The first kappa shape index (κ1) is 13.4. The van der Waals surface area contributed by atoms with E-state index in [9.17, 15) is 9.90 Å². The number of aromatic nitrogens is 2. The number of phenolic OH excluding ortho intramolecular Hbond substituents is 1. The van der Waals surface area contributed by atoms with E-state index in [1.165, 1.54) is 12.3 Å². The average Bonchev–Trinajstić information content (AvgIpc) is 3.14. The van der Waals surface area contributed by atoms with Gasteiger partial charge in [0, 0.05) is 6.20 Å². The number of aromatic hydroxyl groups is 1. The van der Waals surface area contributed by atoms with Gasteiger partial charge >= 0.3 is 0 Å². The molecule has 0 unspecified atom stereocenters. The molecular formula is C14H13N3O3. The summed E-state index contributed by atoms with van der Waals surface area (Å²) in [5.74, 6) is 0.447. The summed E-state index contributed by atoms with van der Waals surface area (Å²) < 4.78 is 5.14. The summed E-state index contributed by atoms with van der Waals surface area (Å²) >= 11 is 0. The summed E-state index contributed by atoms with van der Waals surface area (Å²) in [5, 5.41) is 15.4. The molecule has 2 heterocycles. The molecule has 6 nitrogen and oxygen atoms in total. The van der Waals surface area contributed by atoms with Gasteiger partial charge in [0.05, 0.1) is 11.8 Å². The number of amides is 1. The number of nitrogens with two attached hydrogens (primary N) is 1. The Morgan fingerprint density at radius 3 is 2.50 bits per heavy atom. The number of rotatable bonds is 2. The number of carbonyl (C=O) groups excluding carboxylic acids is 1. The predicted molar refractivity (Wildman–Crippen MR) is 72.9 cm³/mol. The van der Waals surface area contributed by atoms with Crippen LogP contribution < -0.4 is 5.73 Å². The fourth-order valence-electron chi connectivity index (χ4n) is 1.51. The van der Waals surface area contributed by atoms with Crippen molar-refractivity contribution in [3.05, 3.63) is 60.6 Å². The van der Waals surface area contributed by atoms with Crippen molar-refractivity contribution in [2.24, 2.45) is 5.73 Å². The van der Waals surface area contributed by atoms with E-state index in [4.69, 9.17) is 10.2 Å². The fourth-order valence-corrected chi connectivity index (χ4v) is 1.51. The molecule has 0 fully saturated rings. The van der Waals surface area contributed by atoms with Crippen LogP contribution >= 0.6 is 0 Å². The van der Waals surface area contributed by atoms with Crippen LogP contribution in [0.4, 0.5) is 0 Å². The van der Waals surface area contributed by atoms with E-state index in [1.54, 1.807) is 24.5 Å². The Labute approximate surface area is 114 Å². The molecule has 3 aromatic rings. The Bertz CT molecular complexity index is 661. The number of hydrogen-bond donors (Lipinski definition) is 3.